The Kier molecular flexibility index (Phi) is 3.19. The van der Waals surface area contributed by atoms with E-state index in [1.165, 1.54) is 0 Å². The Morgan fingerprint density at radius 3 is 2.57 bits per heavy atom. The van der Waals surface area contributed by atoms with Gasteiger partial charge in [-0.2, -0.15) is 0 Å². The van der Waals surface area contributed by atoms with Gasteiger partial charge >= 0.3 is 0 Å². The van der Waals surface area contributed by atoms with Crippen molar-refractivity contribution in [3.8, 4) is 0 Å². The number of nitrogens with two attached hydrogens (primary N) is 1. The number of amides is 1. The number of nitrogens with one attached hydrogen (secondary N) is 1. The Labute approximate surface area is 90.6 Å². The molecule has 0 aliphatic heterocycles. The second kappa shape index (κ2) is 4.03. The second-order valence-corrected chi connectivity index (χ2v) is 3.60. The van der Waals surface area contributed by atoms with Crippen molar-refractivity contribution in [3.63, 3.8) is 0 Å². The number of hydrogen-bond acceptors (Lipinski definition) is 2. The molecule has 4 nitrogen and oxygen atoms in total. The van der Waals surface area contributed by atoms with Crippen LogP contribution in [0.3, 0.4) is 0 Å². The van der Waals surface area contributed by atoms with E-state index in [1.807, 2.05) is 4.98 Å². The molecule has 0 fully saturated rings. The number of carbonyl (C=O) groups is 1. The van der Waals surface area contributed by atoms with Gasteiger partial charge in [0, 0.05) is 3.57 Å². The van der Waals surface area contributed by atoms with Gasteiger partial charge in [0.1, 0.15) is 5.56 Å². The number of hydrogen-bond donors (Lipinski definition) is 2. The Bertz CT molecular complexity index is 430. The van der Waals surface area contributed by atoms with Crippen LogP contribution < -0.4 is 11.3 Å². The van der Waals surface area contributed by atoms with Crippen LogP contribution in [0.15, 0.2) is 10.9 Å². The van der Waals surface area contributed by atoms with Crippen LogP contribution in [0.2, 0.25) is 0 Å². The molecule has 0 saturated carbocycles. The van der Waals surface area contributed by atoms with Crippen LogP contribution in [0.5, 0.6) is 0 Å². The van der Waals surface area contributed by atoms with Crippen LogP contribution in [0, 0.1) is 3.57 Å². The Hall–Kier alpha value is -0.990. The van der Waals surface area contributed by atoms with Crippen LogP contribution in [0.4, 0.5) is 8.78 Å². The summed E-state index contributed by atoms with van der Waals surface area (Å²) in [6, 6.07) is 1.04. The topological polar surface area (TPSA) is 76.0 Å². The monoisotopic (exact) mass is 314 g/mol. The summed E-state index contributed by atoms with van der Waals surface area (Å²) in [5, 5.41) is 0. The average Bonchev–Trinajstić information content (AvgIpc) is 2.07. The maximum atomic E-state index is 12.2. The van der Waals surface area contributed by atoms with E-state index < -0.39 is 23.6 Å². The Morgan fingerprint density at radius 1 is 1.57 bits per heavy atom. The maximum Gasteiger partial charge on any atom is 0.279 e. The van der Waals surface area contributed by atoms with Crippen molar-refractivity contribution >= 4 is 28.5 Å². The van der Waals surface area contributed by atoms with Gasteiger partial charge in [-0.1, -0.05) is 0 Å². The highest BCUT2D eigenvalue weighted by atomic mass is 127. The number of carbonyl (C=O) groups excluding carboxylic acids is 1. The molecule has 7 heteroatoms. The molecule has 0 bridgehead atoms. The van der Waals surface area contributed by atoms with E-state index >= 15 is 0 Å². The summed E-state index contributed by atoms with van der Waals surface area (Å²) >= 11 is 1.59. The molecule has 1 amide bonds. The van der Waals surface area contributed by atoms with Gasteiger partial charge in [0.05, 0.1) is 5.69 Å². The quantitative estimate of drug-likeness (QED) is 0.800. The first-order valence-electron chi connectivity index (χ1n) is 3.44. The standard InChI is InChI=1S/C7H5F2IN2O2/c8-5(9)4-3(10)1-2(6(11)13)7(14)12-4/h1,5H,(H2,11,13)(H,12,14). The molecule has 1 aromatic rings. The number of alkyl halides is 2. The maximum absolute atomic E-state index is 12.2. The molecule has 0 saturated heterocycles. The minimum absolute atomic E-state index is 0.103. The lowest BCUT2D eigenvalue weighted by Crippen LogP contribution is -2.25. The van der Waals surface area contributed by atoms with Crippen LogP contribution in [0.1, 0.15) is 22.5 Å². The fraction of sp³-hybridized carbons (Fsp3) is 0.143. The number of halogens is 3. The lowest BCUT2D eigenvalue weighted by molar-refractivity contribution is 0.0997. The fourth-order valence-electron chi connectivity index (χ4n) is 0.861. The number of rotatable bonds is 2. The molecule has 0 atom stereocenters. The molecule has 0 aliphatic rings. The van der Waals surface area contributed by atoms with Crippen molar-refractivity contribution in [2.24, 2.45) is 5.73 Å². The third-order valence-corrected chi connectivity index (χ3v) is 2.40. The molecule has 0 aromatic carbocycles. The van der Waals surface area contributed by atoms with Crippen LogP contribution in [-0.4, -0.2) is 10.9 Å². The predicted molar refractivity (Wildman–Crippen MR) is 53.3 cm³/mol. The van der Waals surface area contributed by atoms with E-state index in [0.29, 0.717) is 0 Å². The van der Waals surface area contributed by atoms with Crippen LogP contribution in [-0.2, 0) is 0 Å². The molecule has 0 radical (unpaired) electrons. The SMILES string of the molecule is NC(=O)c1cc(I)c(C(F)F)[nH]c1=O. The normalized spacial score (nSPS) is 10.6. The Morgan fingerprint density at radius 2 is 2.14 bits per heavy atom. The zero-order valence-corrected chi connectivity index (χ0v) is 8.84. The van der Waals surface area contributed by atoms with Gasteiger partial charge < -0.3 is 10.7 Å². The van der Waals surface area contributed by atoms with E-state index in [-0.39, 0.29) is 9.13 Å². The first-order chi connectivity index (χ1) is 6.43. The summed E-state index contributed by atoms with van der Waals surface area (Å²) in [4.78, 5) is 23.6. The lowest BCUT2D eigenvalue weighted by atomic mass is 10.2. The van der Waals surface area contributed by atoms with Crippen LogP contribution in [0.25, 0.3) is 0 Å². The highest BCUT2D eigenvalue weighted by Crippen LogP contribution is 2.21. The Balaban J connectivity index is 3.39. The van der Waals surface area contributed by atoms with Gasteiger partial charge in [-0.15, -0.1) is 0 Å². The molecule has 3 N–H and O–H groups in total. The molecule has 1 aromatic heterocycles. The molecule has 1 rings (SSSR count). The molecular weight excluding hydrogens is 309 g/mol. The van der Waals surface area contributed by atoms with E-state index in [9.17, 15) is 18.4 Å². The zero-order chi connectivity index (χ0) is 10.9. The summed E-state index contributed by atoms with van der Waals surface area (Å²) in [6.45, 7) is 0. The van der Waals surface area contributed by atoms with Crippen molar-refractivity contribution in [2.75, 3.05) is 0 Å². The third kappa shape index (κ3) is 2.08. The van der Waals surface area contributed by atoms with E-state index in [4.69, 9.17) is 5.73 Å². The van der Waals surface area contributed by atoms with Gasteiger partial charge in [0.25, 0.3) is 17.9 Å². The van der Waals surface area contributed by atoms with Crippen molar-refractivity contribution < 1.29 is 13.6 Å². The first-order valence-corrected chi connectivity index (χ1v) is 4.52. The van der Waals surface area contributed by atoms with Crippen LogP contribution >= 0.6 is 22.6 Å². The number of pyridine rings is 1. The molecule has 76 valence electrons. The largest absolute Gasteiger partial charge is 0.365 e. The van der Waals surface area contributed by atoms with Crippen molar-refractivity contribution in [2.45, 2.75) is 6.43 Å². The molecule has 0 aliphatic carbocycles. The summed E-state index contributed by atoms with van der Waals surface area (Å²) in [5.74, 6) is -0.940. The van der Waals surface area contributed by atoms with Gasteiger partial charge in [-0.05, 0) is 28.7 Å². The van der Waals surface area contributed by atoms with Gasteiger partial charge in [-0.3, -0.25) is 9.59 Å². The predicted octanol–water partition coefficient (Wildman–Crippen LogP) is 1.02. The zero-order valence-electron chi connectivity index (χ0n) is 6.68. The number of aromatic amines is 1. The first kappa shape index (κ1) is 11.1. The van der Waals surface area contributed by atoms with Crippen molar-refractivity contribution in [1.82, 2.24) is 4.98 Å². The minimum Gasteiger partial charge on any atom is -0.365 e. The average molecular weight is 314 g/mol. The fourth-order valence-corrected chi connectivity index (χ4v) is 1.54. The smallest absolute Gasteiger partial charge is 0.279 e. The summed E-state index contributed by atoms with van der Waals surface area (Å²) in [5.41, 5.74) is 3.14. The summed E-state index contributed by atoms with van der Waals surface area (Å²) < 4.78 is 24.6. The molecule has 0 spiro atoms. The van der Waals surface area contributed by atoms with Gasteiger partial charge in [-0.25, -0.2) is 8.78 Å². The minimum atomic E-state index is -2.78. The third-order valence-electron chi connectivity index (χ3n) is 1.50. The number of aromatic nitrogens is 1. The summed E-state index contributed by atoms with van der Waals surface area (Å²) in [7, 11) is 0. The highest BCUT2D eigenvalue weighted by Gasteiger charge is 2.16. The molecule has 1 heterocycles. The molecule has 14 heavy (non-hydrogen) atoms. The van der Waals surface area contributed by atoms with E-state index in [1.54, 1.807) is 22.6 Å². The second-order valence-electron chi connectivity index (χ2n) is 2.44. The van der Waals surface area contributed by atoms with Gasteiger partial charge in [0.15, 0.2) is 0 Å². The van der Waals surface area contributed by atoms with E-state index in [2.05, 4.69) is 0 Å². The number of primary amides is 1. The summed E-state index contributed by atoms with van der Waals surface area (Å²) in [6.07, 6.45) is -2.78. The lowest BCUT2D eigenvalue weighted by Gasteiger charge is -2.03. The van der Waals surface area contributed by atoms with Gasteiger partial charge in [0.2, 0.25) is 0 Å². The molecular formula is C7H5F2IN2O2. The van der Waals surface area contributed by atoms with Crippen molar-refractivity contribution in [3.05, 3.63) is 31.2 Å². The molecule has 0 unspecified atom stereocenters. The van der Waals surface area contributed by atoms with E-state index in [0.717, 1.165) is 6.07 Å². The highest BCUT2D eigenvalue weighted by molar-refractivity contribution is 14.1. The number of H-pyrrole nitrogens is 1. The van der Waals surface area contributed by atoms with Crippen molar-refractivity contribution in [1.29, 1.82) is 0 Å².